The second-order valence-corrected chi connectivity index (χ2v) is 5.71. The largest absolute Gasteiger partial charge is 0.486 e. The highest BCUT2D eigenvalue weighted by atomic mass is 79.9. The fraction of sp³-hybridized carbons (Fsp3) is 0.250. The van der Waals surface area contributed by atoms with Gasteiger partial charge < -0.3 is 4.74 Å². The van der Waals surface area contributed by atoms with Crippen molar-refractivity contribution in [2.75, 3.05) is 0 Å². The number of rotatable bonds is 4. The van der Waals surface area contributed by atoms with Gasteiger partial charge in [0, 0.05) is 0 Å². The number of hydrogen-bond donors (Lipinski definition) is 0. The molecule has 0 bridgehead atoms. The van der Waals surface area contributed by atoms with Crippen molar-refractivity contribution in [3.05, 3.63) is 63.6 Å². The molecule has 0 heterocycles. The molecule has 0 saturated heterocycles. The van der Waals surface area contributed by atoms with Crippen LogP contribution < -0.4 is 4.74 Å². The molecule has 0 aliphatic rings. The van der Waals surface area contributed by atoms with Gasteiger partial charge in [0.15, 0.2) is 11.6 Å². The SMILES string of the molecule is CC(C)c1ccc(COc2ccc(Br)c(F)c2F)cc1. The third kappa shape index (κ3) is 3.37. The molecule has 0 fully saturated rings. The second kappa shape index (κ2) is 6.35. The first-order chi connectivity index (χ1) is 9.49. The van der Waals surface area contributed by atoms with Crippen LogP contribution >= 0.6 is 15.9 Å². The van der Waals surface area contributed by atoms with Crippen LogP contribution in [0.1, 0.15) is 30.9 Å². The van der Waals surface area contributed by atoms with Gasteiger partial charge in [-0.15, -0.1) is 0 Å². The first-order valence-corrected chi connectivity index (χ1v) is 7.13. The fourth-order valence-corrected chi connectivity index (χ4v) is 2.09. The van der Waals surface area contributed by atoms with Gasteiger partial charge >= 0.3 is 0 Å². The van der Waals surface area contributed by atoms with E-state index in [9.17, 15) is 8.78 Å². The minimum Gasteiger partial charge on any atom is -0.486 e. The van der Waals surface area contributed by atoms with Crippen LogP contribution in [0.4, 0.5) is 8.78 Å². The van der Waals surface area contributed by atoms with E-state index in [1.54, 1.807) is 0 Å². The van der Waals surface area contributed by atoms with E-state index in [-0.39, 0.29) is 16.8 Å². The lowest BCUT2D eigenvalue weighted by Gasteiger charge is -2.10. The summed E-state index contributed by atoms with van der Waals surface area (Å²) in [5.74, 6) is -1.53. The third-order valence-electron chi connectivity index (χ3n) is 3.04. The first-order valence-electron chi connectivity index (χ1n) is 6.34. The van der Waals surface area contributed by atoms with E-state index in [4.69, 9.17) is 4.74 Å². The molecule has 0 unspecified atom stereocenters. The summed E-state index contributed by atoms with van der Waals surface area (Å²) < 4.78 is 32.4. The smallest absolute Gasteiger partial charge is 0.201 e. The summed E-state index contributed by atoms with van der Waals surface area (Å²) in [5, 5.41) is 0. The highest BCUT2D eigenvalue weighted by Crippen LogP contribution is 2.26. The Morgan fingerprint density at radius 3 is 2.25 bits per heavy atom. The Morgan fingerprint density at radius 1 is 1.00 bits per heavy atom. The summed E-state index contributed by atoms with van der Waals surface area (Å²) >= 11 is 2.93. The van der Waals surface area contributed by atoms with Gasteiger partial charge in [-0.1, -0.05) is 38.1 Å². The van der Waals surface area contributed by atoms with Crippen molar-refractivity contribution in [1.29, 1.82) is 0 Å². The summed E-state index contributed by atoms with van der Waals surface area (Å²) in [7, 11) is 0. The van der Waals surface area contributed by atoms with Gasteiger partial charge in [-0.2, -0.15) is 4.39 Å². The van der Waals surface area contributed by atoms with Crippen molar-refractivity contribution in [3.8, 4) is 5.75 Å². The van der Waals surface area contributed by atoms with Gasteiger partial charge in [-0.05, 0) is 45.1 Å². The van der Waals surface area contributed by atoms with Crippen molar-refractivity contribution in [1.82, 2.24) is 0 Å². The molecule has 106 valence electrons. The predicted molar refractivity (Wildman–Crippen MR) is 78.9 cm³/mol. The molecule has 2 aromatic carbocycles. The fourth-order valence-electron chi connectivity index (χ4n) is 1.78. The average molecular weight is 341 g/mol. The summed E-state index contributed by atoms with van der Waals surface area (Å²) in [6.07, 6.45) is 0. The quantitative estimate of drug-likeness (QED) is 0.674. The maximum Gasteiger partial charge on any atom is 0.201 e. The lowest BCUT2D eigenvalue weighted by Crippen LogP contribution is -2.00. The highest BCUT2D eigenvalue weighted by Gasteiger charge is 2.13. The molecule has 0 radical (unpaired) electrons. The van der Waals surface area contributed by atoms with Crippen LogP contribution in [-0.2, 0) is 6.61 Å². The second-order valence-electron chi connectivity index (χ2n) is 4.86. The van der Waals surface area contributed by atoms with E-state index < -0.39 is 11.6 Å². The van der Waals surface area contributed by atoms with Gasteiger partial charge in [0.05, 0.1) is 4.47 Å². The maximum absolute atomic E-state index is 13.6. The van der Waals surface area contributed by atoms with Crippen LogP contribution in [-0.4, -0.2) is 0 Å². The molecular weight excluding hydrogens is 326 g/mol. The molecule has 0 spiro atoms. The lowest BCUT2D eigenvalue weighted by molar-refractivity contribution is 0.284. The van der Waals surface area contributed by atoms with Crippen molar-refractivity contribution in [3.63, 3.8) is 0 Å². The highest BCUT2D eigenvalue weighted by molar-refractivity contribution is 9.10. The van der Waals surface area contributed by atoms with E-state index in [0.29, 0.717) is 5.92 Å². The van der Waals surface area contributed by atoms with Crippen LogP contribution in [0.3, 0.4) is 0 Å². The normalized spacial score (nSPS) is 10.9. The average Bonchev–Trinajstić information content (AvgIpc) is 2.44. The Kier molecular flexibility index (Phi) is 4.76. The Labute approximate surface area is 125 Å². The Bertz CT molecular complexity index is 594. The van der Waals surface area contributed by atoms with Gasteiger partial charge in [-0.3, -0.25) is 0 Å². The van der Waals surface area contributed by atoms with Crippen LogP contribution in [0, 0.1) is 11.6 Å². The van der Waals surface area contributed by atoms with E-state index in [0.717, 1.165) is 5.56 Å². The number of hydrogen-bond acceptors (Lipinski definition) is 1. The molecule has 1 nitrogen and oxygen atoms in total. The molecule has 0 amide bonds. The topological polar surface area (TPSA) is 9.23 Å². The van der Waals surface area contributed by atoms with Gasteiger partial charge in [-0.25, -0.2) is 4.39 Å². The van der Waals surface area contributed by atoms with Crippen LogP contribution in [0.15, 0.2) is 40.9 Å². The van der Waals surface area contributed by atoms with E-state index in [1.807, 2.05) is 24.3 Å². The third-order valence-corrected chi connectivity index (χ3v) is 3.65. The summed E-state index contributed by atoms with van der Waals surface area (Å²) in [4.78, 5) is 0. The van der Waals surface area contributed by atoms with Crippen LogP contribution in [0.5, 0.6) is 5.75 Å². The number of halogens is 3. The Hall–Kier alpha value is -1.42. The first kappa shape index (κ1) is 15.0. The van der Waals surface area contributed by atoms with Crippen molar-refractivity contribution in [2.45, 2.75) is 26.4 Å². The molecule has 0 aliphatic heterocycles. The van der Waals surface area contributed by atoms with E-state index in [2.05, 4.69) is 29.8 Å². The molecule has 2 aromatic rings. The van der Waals surface area contributed by atoms with Crippen molar-refractivity contribution < 1.29 is 13.5 Å². The monoisotopic (exact) mass is 340 g/mol. The van der Waals surface area contributed by atoms with Crippen molar-refractivity contribution >= 4 is 15.9 Å². The van der Waals surface area contributed by atoms with Crippen LogP contribution in [0.2, 0.25) is 0 Å². The van der Waals surface area contributed by atoms with E-state index in [1.165, 1.54) is 17.7 Å². The zero-order valence-electron chi connectivity index (χ0n) is 11.3. The molecular formula is C16H15BrF2O. The standard InChI is InChI=1S/C16H15BrF2O/c1-10(2)12-5-3-11(4-6-12)9-20-14-8-7-13(17)15(18)16(14)19/h3-8,10H,9H2,1-2H3. The van der Waals surface area contributed by atoms with Crippen molar-refractivity contribution in [2.24, 2.45) is 0 Å². The minimum atomic E-state index is -0.974. The Balaban J connectivity index is 2.07. The molecule has 0 atom stereocenters. The predicted octanol–water partition coefficient (Wildman–Crippen LogP) is 5.43. The summed E-state index contributed by atoms with van der Waals surface area (Å²) in [6, 6.07) is 10.7. The molecule has 0 saturated carbocycles. The van der Waals surface area contributed by atoms with Crippen LogP contribution in [0.25, 0.3) is 0 Å². The Morgan fingerprint density at radius 2 is 1.65 bits per heavy atom. The number of benzene rings is 2. The molecule has 0 aromatic heterocycles. The van der Waals surface area contributed by atoms with Gasteiger partial charge in [0.25, 0.3) is 0 Å². The zero-order valence-corrected chi connectivity index (χ0v) is 12.9. The molecule has 0 aliphatic carbocycles. The summed E-state index contributed by atoms with van der Waals surface area (Å²) in [6.45, 7) is 4.44. The molecule has 2 rings (SSSR count). The van der Waals surface area contributed by atoms with Gasteiger partial charge in [0.1, 0.15) is 6.61 Å². The zero-order chi connectivity index (χ0) is 14.7. The molecule has 0 N–H and O–H groups in total. The lowest BCUT2D eigenvalue weighted by atomic mass is 10.0. The minimum absolute atomic E-state index is 0.0846. The van der Waals surface area contributed by atoms with Gasteiger partial charge in [0.2, 0.25) is 5.82 Å². The van der Waals surface area contributed by atoms with E-state index >= 15 is 0 Å². The molecule has 4 heteroatoms. The maximum atomic E-state index is 13.6. The molecule has 20 heavy (non-hydrogen) atoms. The summed E-state index contributed by atoms with van der Waals surface area (Å²) in [5.41, 5.74) is 2.15. The number of ether oxygens (including phenoxy) is 1.